The second-order valence-corrected chi connectivity index (χ2v) is 5.75. The summed E-state index contributed by atoms with van der Waals surface area (Å²) in [4.78, 5) is 8.22. The molecule has 1 saturated heterocycles. The van der Waals surface area contributed by atoms with E-state index in [1.165, 1.54) is 30.8 Å². The van der Waals surface area contributed by atoms with E-state index < -0.39 is 0 Å². The first kappa shape index (κ1) is 10.5. The number of hydrogen-bond donors (Lipinski definition) is 0. The van der Waals surface area contributed by atoms with Crippen LogP contribution in [0.3, 0.4) is 0 Å². The van der Waals surface area contributed by atoms with Gasteiger partial charge >= 0.3 is 0 Å². The average molecular weight is 253 g/mol. The van der Waals surface area contributed by atoms with Gasteiger partial charge in [-0.3, -0.25) is 9.88 Å². The molecule has 16 heavy (non-hydrogen) atoms. The average Bonchev–Trinajstić information content (AvgIpc) is 2.88. The van der Waals surface area contributed by atoms with Crippen LogP contribution in [0, 0.1) is 0 Å². The monoisotopic (exact) mass is 252 g/mol. The number of halogens is 1. The molecule has 3 heterocycles. The van der Waals surface area contributed by atoms with Crippen LogP contribution in [0.4, 0.5) is 0 Å². The lowest BCUT2D eigenvalue weighted by molar-refractivity contribution is 0.334. The molecule has 3 rings (SSSR count). The van der Waals surface area contributed by atoms with Gasteiger partial charge in [-0.15, -0.1) is 11.3 Å². The van der Waals surface area contributed by atoms with E-state index in [9.17, 15) is 0 Å². The molecular weight excluding hydrogens is 240 g/mol. The van der Waals surface area contributed by atoms with Gasteiger partial charge in [-0.2, -0.15) is 0 Å². The summed E-state index contributed by atoms with van der Waals surface area (Å²) in [6.45, 7) is 3.52. The van der Waals surface area contributed by atoms with Gasteiger partial charge in [-0.25, -0.2) is 0 Å². The van der Waals surface area contributed by atoms with Crippen molar-refractivity contribution in [3.63, 3.8) is 0 Å². The van der Waals surface area contributed by atoms with Crippen molar-refractivity contribution in [3.8, 4) is 0 Å². The predicted octanol–water partition coefficient (Wildman–Crippen LogP) is 3.55. The lowest BCUT2D eigenvalue weighted by atomic mass is 10.3. The molecule has 1 fully saturated rings. The van der Waals surface area contributed by atoms with Crippen molar-refractivity contribution in [2.45, 2.75) is 19.4 Å². The summed E-state index contributed by atoms with van der Waals surface area (Å²) in [5, 5.41) is 0.822. The Hall–Kier alpha value is -0.640. The Morgan fingerprint density at radius 1 is 1.38 bits per heavy atom. The van der Waals surface area contributed by atoms with Crippen molar-refractivity contribution in [1.82, 2.24) is 9.88 Å². The third-order valence-corrected chi connectivity index (χ3v) is 4.56. The Morgan fingerprint density at radius 3 is 2.94 bits per heavy atom. The molecule has 1 aliphatic rings. The molecule has 84 valence electrons. The van der Waals surface area contributed by atoms with Gasteiger partial charge in [-0.05, 0) is 38.1 Å². The van der Waals surface area contributed by atoms with E-state index in [0.29, 0.717) is 0 Å². The maximum absolute atomic E-state index is 6.14. The summed E-state index contributed by atoms with van der Waals surface area (Å²) in [5.74, 6) is 0. The standard InChI is InChI=1S/C12H13ClN2S/c13-10-3-4-14-11-7-9(16-12(10)11)8-15-5-1-2-6-15/h3-4,7H,1-2,5-6,8H2. The molecule has 0 N–H and O–H groups in total. The minimum atomic E-state index is 0.822. The predicted molar refractivity (Wildman–Crippen MR) is 69.1 cm³/mol. The lowest BCUT2D eigenvalue weighted by Crippen LogP contribution is -2.17. The maximum atomic E-state index is 6.14. The summed E-state index contributed by atoms with van der Waals surface area (Å²) >= 11 is 7.92. The highest BCUT2D eigenvalue weighted by Crippen LogP contribution is 2.31. The molecule has 0 aliphatic carbocycles. The maximum Gasteiger partial charge on any atom is 0.0828 e. The molecule has 0 saturated carbocycles. The SMILES string of the molecule is Clc1ccnc2cc(CN3CCCC3)sc12. The van der Waals surface area contributed by atoms with Crippen molar-refractivity contribution in [3.05, 3.63) is 28.2 Å². The van der Waals surface area contributed by atoms with Gasteiger partial charge < -0.3 is 0 Å². The number of aromatic nitrogens is 1. The first-order valence-electron chi connectivity index (χ1n) is 5.58. The van der Waals surface area contributed by atoms with Crippen LogP contribution in [0.15, 0.2) is 18.3 Å². The van der Waals surface area contributed by atoms with Crippen LogP contribution in [0.5, 0.6) is 0 Å². The van der Waals surface area contributed by atoms with Crippen molar-refractivity contribution in [2.24, 2.45) is 0 Å². The zero-order chi connectivity index (χ0) is 11.0. The van der Waals surface area contributed by atoms with Gasteiger partial charge in [0, 0.05) is 17.6 Å². The molecule has 0 radical (unpaired) electrons. The lowest BCUT2D eigenvalue weighted by Gasteiger charge is -2.12. The summed E-state index contributed by atoms with van der Waals surface area (Å²) in [7, 11) is 0. The third-order valence-electron chi connectivity index (χ3n) is 2.99. The molecule has 0 atom stereocenters. The molecule has 2 aromatic heterocycles. The van der Waals surface area contributed by atoms with Crippen LogP contribution in [0.2, 0.25) is 5.02 Å². The van der Waals surface area contributed by atoms with Gasteiger partial charge in [0.25, 0.3) is 0 Å². The minimum Gasteiger partial charge on any atom is -0.298 e. The topological polar surface area (TPSA) is 16.1 Å². The Balaban J connectivity index is 1.90. The zero-order valence-electron chi connectivity index (χ0n) is 8.95. The number of fused-ring (bicyclic) bond motifs is 1. The third kappa shape index (κ3) is 1.95. The Morgan fingerprint density at radius 2 is 2.19 bits per heavy atom. The molecule has 1 aliphatic heterocycles. The minimum absolute atomic E-state index is 0.822. The van der Waals surface area contributed by atoms with E-state index in [1.807, 2.05) is 6.07 Å². The fraction of sp³-hybridized carbons (Fsp3) is 0.417. The molecule has 2 nitrogen and oxygen atoms in total. The number of thiophene rings is 1. The Labute approximate surface area is 104 Å². The van der Waals surface area contributed by atoms with Crippen molar-refractivity contribution < 1.29 is 0 Å². The summed E-state index contributed by atoms with van der Waals surface area (Å²) in [5.41, 5.74) is 1.03. The highest BCUT2D eigenvalue weighted by molar-refractivity contribution is 7.19. The Kier molecular flexibility index (Phi) is 2.84. The van der Waals surface area contributed by atoms with Crippen molar-refractivity contribution in [2.75, 3.05) is 13.1 Å². The normalized spacial score (nSPS) is 17.3. The molecule has 0 spiro atoms. The number of nitrogens with zero attached hydrogens (tertiary/aromatic N) is 2. The largest absolute Gasteiger partial charge is 0.298 e. The number of hydrogen-bond acceptors (Lipinski definition) is 3. The van der Waals surface area contributed by atoms with Crippen LogP contribution in [0.1, 0.15) is 17.7 Å². The summed E-state index contributed by atoms with van der Waals surface area (Å²) in [6.07, 6.45) is 4.45. The van der Waals surface area contributed by atoms with Gasteiger partial charge in [0.05, 0.1) is 15.2 Å². The van der Waals surface area contributed by atoms with E-state index in [4.69, 9.17) is 11.6 Å². The number of rotatable bonds is 2. The zero-order valence-corrected chi connectivity index (χ0v) is 10.5. The second-order valence-electron chi connectivity index (χ2n) is 4.20. The van der Waals surface area contributed by atoms with Crippen molar-refractivity contribution in [1.29, 1.82) is 0 Å². The Bertz CT molecular complexity index is 503. The summed E-state index contributed by atoms with van der Waals surface area (Å²) in [6, 6.07) is 4.03. The highest BCUT2D eigenvalue weighted by Gasteiger charge is 2.14. The molecule has 0 unspecified atom stereocenters. The number of pyridine rings is 1. The van der Waals surface area contributed by atoms with Crippen LogP contribution in [0.25, 0.3) is 10.2 Å². The van der Waals surface area contributed by atoms with E-state index in [0.717, 1.165) is 21.8 Å². The van der Waals surface area contributed by atoms with E-state index in [1.54, 1.807) is 17.5 Å². The van der Waals surface area contributed by atoms with E-state index in [-0.39, 0.29) is 0 Å². The highest BCUT2D eigenvalue weighted by atomic mass is 35.5. The molecule has 4 heteroatoms. The van der Waals surface area contributed by atoms with Gasteiger partial charge in [0.2, 0.25) is 0 Å². The van der Waals surface area contributed by atoms with Crippen LogP contribution < -0.4 is 0 Å². The van der Waals surface area contributed by atoms with E-state index in [2.05, 4.69) is 16.0 Å². The van der Waals surface area contributed by atoms with Gasteiger partial charge in [0.1, 0.15) is 0 Å². The molecular formula is C12H13ClN2S. The van der Waals surface area contributed by atoms with Crippen LogP contribution in [-0.4, -0.2) is 23.0 Å². The van der Waals surface area contributed by atoms with Crippen LogP contribution >= 0.6 is 22.9 Å². The summed E-state index contributed by atoms with van der Waals surface area (Å²) < 4.78 is 1.12. The van der Waals surface area contributed by atoms with E-state index >= 15 is 0 Å². The van der Waals surface area contributed by atoms with Gasteiger partial charge in [0.15, 0.2) is 0 Å². The first-order valence-corrected chi connectivity index (χ1v) is 6.78. The fourth-order valence-corrected chi connectivity index (χ4v) is 3.53. The fourth-order valence-electron chi connectivity index (χ4n) is 2.20. The molecule has 0 amide bonds. The molecule has 0 aromatic carbocycles. The smallest absolute Gasteiger partial charge is 0.0828 e. The first-order chi connectivity index (χ1) is 7.83. The second kappa shape index (κ2) is 4.32. The van der Waals surface area contributed by atoms with Gasteiger partial charge in [-0.1, -0.05) is 11.6 Å². The van der Waals surface area contributed by atoms with Crippen molar-refractivity contribution >= 4 is 33.2 Å². The molecule has 0 bridgehead atoms. The number of likely N-dealkylation sites (tertiary alicyclic amines) is 1. The molecule has 2 aromatic rings. The van der Waals surface area contributed by atoms with Crippen LogP contribution in [-0.2, 0) is 6.54 Å². The quantitative estimate of drug-likeness (QED) is 0.813.